The normalized spacial score (nSPS) is 17.2. The monoisotopic (exact) mass is 329 g/mol. The van der Waals surface area contributed by atoms with Crippen LogP contribution in [0.5, 0.6) is 0 Å². The lowest BCUT2D eigenvalue weighted by Gasteiger charge is -2.39. The molecule has 1 aliphatic rings. The van der Waals surface area contributed by atoms with Gasteiger partial charge in [-0.1, -0.05) is 0 Å². The molecule has 2 heterocycles. The first-order chi connectivity index (χ1) is 11.5. The molecule has 1 amide bonds. The first-order valence-corrected chi connectivity index (χ1v) is 8.12. The lowest BCUT2D eigenvalue weighted by atomic mass is 10.0. The summed E-state index contributed by atoms with van der Waals surface area (Å²) >= 11 is 0. The highest BCUT2D eigenvalue weighted by Crippen LogP contribution is 2.27. The van der Waals surface area contributed by atoms with Gasteiger partial charge < -0.3 is 14.4 Å². The fraction of sp³-hybridized carbons (Fsp3) is 0.500. The summed E-state index contributed by atoms with van der Waals surface area (Å²) in [5.74, 6) is -0.557. The fourth-order valence-corrected chi connectivity index (χ4v) is 3.09. The van der Waals surface area contributed by atoms with E-state index in [1.807, 2.05) is 36.9 Å². The molecule has 0 N–H and O–H groups in total. The van der Waals surface area contributed by atoms with Gasteiger partial charge in [-0.2, -0.15) is 0 Å². The molecule has 0 radical (unpaired) electrons. The molecule has 6 nitrogen and oxygen atoms in total. The minimum Gasteiger partial charge on any atom is -0.353 e. The SMILES string of the molecule is COC1(OC)CCN(C(=O)c2ccc3nc(C)c(C)nc3c2)CC1. The van der Waals surface area contributed by atoms with Crippen LogP contribution in [0.15, 0.2) is 18.2 Å². The standard InChI is InChI=1S/C18H23N3O3/c1-12-13(2)20-16-11-14(5-6-15(16)19-12)17(22)21-9-7-18(23-3,24-4)8-10-21/h5-6,11H,7-10H2,1-4H3. The van der Waals surface area contributed by atoms with Crippen LogP contribution >= 0.6 is 0 Å². The Morgan fingerprint density at radius 3 is 2.21 bits per heavy atom. The molecule has 0 aliphatic carbocycles. The van der Waals surface area contributed by atoms with Gasteiger partial charge in [-0.15, -0.1) is 0 Å². The van der Waals surface area contributed by atoms with Gasteiger partial charge in [0.2, 0.25) is 0 Å². The average Bonchev–Trinajstić information content (AvgIpc) is 2.62. The van der Waals surface area contributed by atoms with Gasteiger partial charge in [0.1, 0.15) is 0 Å². The van der Waals surface area contributed by atoms with Crippen molar-refractivity contribution < 1.29 is 14.3 Å². The number of ether oxygens (including phenoxy) is 2. The first kappa shape index (κ1) is 16.8. The van der Waals surface area contributed by atoms with Crippen molar-refractivity contribution in [3.63, 3.8) is 0 Å². The molecule has 0 saturated carbocycles. The Morgan fingerprint density at radius 2 is 1.62 bits per heavy atom. The quantitative estimate of drug-likeness (QED) is 0.810. The zero-order valence-corrected chi connectivity index (χ0v) is 14.6. The number of amides is 1. The van der Waals surface area contributed by atoms with Gasteiger partial charge >= 0.3 is 0 Å². The maximum Gasteiger partial charge on any atom is 0.253 e. The molecule has 1 aromatic carbocycles. The summed E-state index contributed by atoms with van der Waals surface area (Å²) in [6.07, 6.45) is 1.33. The largest absolute Gasteiger partial charge is 0.353 e. The molecule has 1 aliphatic heterocycles. The van der Waals surface area contributed by atoms with Crippen molar-refractivity contribution in [2.75, 3.05) is 27.3 Å². The second kappa shape index (κ2) is 6.45. The molecule has 1 fully saturated rings. The van der Waals surface area contributed by atoms with Crippen LogP contribution in [0.4, 0.5) is 0 Å². The Labute approximate surface area is 141 Å². The molecule has 2 aromatic rings. The van der Waals surface area contributed by atoms with Gasteiger partial charge in [0.15, 0.2) is 5.79 Å². The molecule has 0 spiro atoms. The summed E-state index contributed by atoms with van der Waals surface area (Å²) < 4.78 is 10.9. The van der Waals surface area contributed by atoms with Crippen LogP contribution in [0.25, 0.3) is 11.0 Å². The van der Waals surface area contributed by atoms with Crippen molar-refractivity contribution in [1.82, 2.24) is 14.9 Å². The van der Waals surface area contributed by atoms with Crippen LogP contribution in [0.2, 0.25) is 0 Å². The Hall–Kier alpha value is -2.05. The Balaban J connectivity index is 1.81. The van der Waals surface area contributed by atoms with E-state index in [4.69, 9.17) is 9.47 Å². The third kappa shape index (κ3) is 2.99. The van der Waals surface area contributed by atoms with Crippen LogP contribution in [0, 0.1) is 13.8 Å². The minimum absolute atomic E-state index is 0.0118. The molecule has 0 bridgehead atoms. The topological polar surface area (TPSA) is 64.6 Å². The van der Waals surface area contributed by atoms with Crippen LogP contribution in [-0.4, -0.2) is 53.9 Å². The Morgan fingerprint density at radius 1 is 1.04 bits per heavy atom. The molecule has 24 heavy (non-hydrogen) atoms. The molecule has 1 saturated heterocycles. The number of fused-ring (bicyclic) bond motifs is 1. The number of likely N-dealkylation sites (tertiary alicyclic amines) is 1. The number of carbonyl (C=O) groups is 1. The Bertz CT molecular complexity index is 761. The van der Waals surface area contributed by atoms with Gasteiger partial charge in [-0.3, -0.25) is 4.79 Å². The van der Waals surface area contributed by atoms with E-state index in [9.17, 15) is 4.79 Å². The molecule has 128 valence electrons. The van der Waals surface area contributed by atoms with Gasteiger partial charge in [0.25, 0.3) is 5.91 Å². The van der Waals surface area contributed by atoms with Crippen molar-refractivity contribution in [1.29, 1.82) is 0 Å². The maximum atomic E-state index is 12.8. The second-order valence-corrected chi connectivity index (χ2v) is 6.21. The molecular formula is C18H23N3O3. The zero-order chi connectivity index (χ0) is 17.3. The average molecular weight is 329 g/mol. The lowest BCUT2D eigenvalue weighted by Crippen LogP contribution is -2.48. The van der Waals surface area contributed by atoms with Gasteiger partial charge in [-0.05, 0) is 32.0 Å². The highest BCUT2D eigenvalue weighted by atomic mass is 16.7. The lowest BCUT2D eigenvalue weighted by molar-refractivity contribution is -0.226. The highest BCUT2D eigenvalue weighted by Gasteiger charge is 2.36. The number of hydrogen-bond donors (Lipinski definition) is 0. The fourth-order valence-electron chi connectivity index (χ4n) is 3.09. The van der Waals surface area contributed by atoms with Crippen LogP contribution < -0.4 is 0 Å². The number of methoxy groups -OCH3 is 2. The summed E-state index contributed by atoms with van der Waals surface area (Å²) in [4.78, 5) is 23.7. The van der Waals surface area contributed by atoms with Crippen molar-refractivity contribution in [2.24, 2.45) is 0 Å². The van der Waals surface area contributed by atoms with Crippen LogP contribution in [-0.2, 0) is 9.47 Å². The predicted octanol–water partition coefficient (Wildman–Crippen LogP) is 2.47. The van der Waals surface area contributed by atoms with Gasteiger partial charge in [0, 0.05) is 45.7 Å². The second-order valence-electron chi connectivity index (χ2n) is 6.21. The Kier molecular flexibility index (Phi) is 4.51. The number of hydrogen-bond acceptors (Lipinski definition) is 5. The van der Waals surface area contributed by atoms with E-state index in [2.05, 4.69) is 9.97 Å². The summed E-state index contributed by atoms with van der Waals surface area (Å²) in [5, 5.41) is 0. The molecule has 0 unspecified atom stereocenters. The third-order valence-corrected chi connectivity index (χ3v) is 4.88. The highest BCUT2D eigenvalue weighted by molar-refractivity contribution is 5.97. The minimum atomic E-state index is -0.569. The molecule has 3 rings (SSSR count). The van der Waals surface area contributed by atoms with E-state index in [-0.39, 0.29) is 5.91 Å². The summed E-state index contributed by atoms with van der Waals surface area (Å²) in [5.41, 5.74) is 4.00. The van der Waals surface area contributed by atoms with E-state index in [1.165, 1.54) is 0 Å². The summed E-state index contributed by atoms with van der Waals surface area (Å²) in [7, 11) is 3.29. The van der Waals surface area contributed by atoms with Crippen LogP contribution in [0.1, 0.15) is 34.6 Å². The number of rotatable bonds is 3. The molecule has 0 atom stereocenters. The maximum absolute atomic E-state index is 12.8. The number of carbonyl (C=O) groups excluding carboxylic acids is 1. The van der Waals surface area contributed by atoms with E-state index in [0.29, 0.717) is 31.5 Å². The smallest absolute Gasteiger partial charge is 0.253 e. The van der Waals surface area contributed by atoms with Gasteiger partial charge in [0.05, 0.1) is 22.4 Å². The van der Waals surface area contributed by atoms with Crippen molar-refractivity contribution in [3.8, 4) is 0 Å². The molecule has 1 aromatic heterocycles. The van der Waals surface area contributed by atoms with E-state index in [0.717, 1.165) is 22.4 Å². The van der Waals surface area contributed by atoms with Crippen molar-refractivity contribution in [2.45, 2.75) is 32.5 Å². The molecule has 6 heteroatoms. The van der Waals surface area contributed by atoms with E-state index in [1.54, 1.807) is 14.2 Å². The zero-order valence-electron chi connectivity index (χ0n) is 14.6. The third-order valence-electron chi connectivity index (χ3n) is 4.88. The number of piperidine rings is 1. The molecular weight excluding hydrogens is 306 g/mol. The number of aryl methyl sites for hydroxylation is 2. The van der Waals surface area contributed by atoms with Gasteiger partial charge in [-0.25, -0.2) is 9.97 Å². The number of nitrogens with zero attached hydrogens (tertiary/aromatic N) is 3. The van der Waals surface area contributed by atoms with Crippen LogP contribution in [0.3, 0.4) is 0 Å². The number of benzene rings is 1. The summed E-state index contributed by atoms with van der Waals surface area (Å²) in [6.45, 7) is 5.08. The van der Waals surface area contributed by atoms with Crippen molar-refractivity contribution in [3.05, 3.63) is 35.2 Å². The predicted molar refractivity (Wildman–Crippen MR) is 90.9 cm³/mol. The van der Waals surface area contributed by atoms with E-state index >= 15 is 0 Å². The number of aromatic nitrogens is 2. The summed E-state index contributed by atoms with van der Waals surface area (Å²) in [6, 6.07) is 5.51. The van der Waals surface area contributed by atoms with Crippen molar-refractivity contribution >= 4 is 16.9 Å². The van der Waals surface area contributed by atoms with E-state index < -0.39 is 5.79 Å². The first-order valence-electron chi connectivity index (χ1n) is 8.12.